The number of nitrogens with one attached hydrogen (secondary N) is 1. The standard InChI is InChI=1S/C20H21BrClN3O2/c21-16-7-5-15(6-8-16)20(27)23-10-9-19(26)25-13-11-24(12-14-25)18-4-2-1-3-17(18)22/h1-8H,9-14H2,(H,23,27). The normalized spacial score (nSPS) is 14.1. The number of anilines is 1. The second kappa shape index (κ2) is 9.24. The van der Waals surface area contributed by atoms with Crippen molar-refractivity contribution >= 4 is 45.0 Å². The van der Waals surface area contributed by atoms with Crippen LogP contribution in [0.4, 0.5) is 5.69 Å². The SMILES string of the molecule is O=C(NCCC(=O)N1CCN(c2ccccc2Cl)CC1)c1ccc(Br)cc1. The van der Waals surface area contributed by atoms with E-state index in [0.717, 1.165) is 28.3 Å². The van der Waals surface area contributed by atoms with Gasteiger partial charge >= 0.3 is 0 Å². The van der Waals surface area contributed by atoms with Crippen LogP contribution >= 0.6 is 27.5 Å². The Bertz CT molecular complexity index is 805. The summed E-state index contributed by atoms with van der Waals surface area (Å²) in [4.78, 5) is 28.5. The molecule has 1 aliphatic rings. The largest absolute Gasteiger partial charge is 0.367 e. The van der Waals surface area contributed by atoms with Gasteiger partial charge in [0.1, 0.15) is 0 Å². The fraction of sp³-hybridized carbons (Fsp3) is 0.300. The Kier molecular flexibility index (Phi) is 6.74. The first-order valence-corrected chi connectivity index (χ1v) is 10.0. The van der Waals surface area contributed by atoms with Crippen molar-refractivity contribution in [3.8, 4) is 0 Å². The van der Waals surface area contributed by atoms with Crippen molar-refractivity contribution < 1.29 is 9.59 Å². The number of carbonyl (C=O) groups excluding carboxylic acids is 2. The summed E-state index contributed by atoms with van der Waals surface area (Å²) in [7, 11) is 0. The predicted molar refractivity (Wildman–Crippen MR) is 111 cm³/mol. The van der Waals surface area contributed by atoms with Gasteiger partial charge in [-0.1, -0.05) is 39.7 Å². The molecule has 2 aromatic rings. The number of carbonyl (C=O) groups is 2. The summed E-state index contributed by atoms with van der Waals surface area (Å²) in [5.74, 6) is -0.108. The van der Waals surface area contributed by atoms with Crippen LogP contribution in [0.3, 0.4) is 0 Å². The zero-order valence-corrected chi connectivity index (χ0v) is 17.2. The molecule has 1 heterocycles. The van der Waals surface area contributed by atoms with E-state index in [1.807, 2.05) is 41.3 Å². The maximum absolute atomic E-state index is 12.4. The van der Waals surface area contributed by atoms with Crippen molar-refractivity contribution in [3.63, 3.8) is 0 Å². The smallest absolute Gasteiger partial charge is 0.251 e. The number of halogens is 2. The molecule has 27 heavy (non-hydrogen) atoms. The lowest BCUT2D eigenvalue weighted by Crippen LogP contribution is -2.49. The Hall–Kier alpha value is -2.05. The molecule has 0 aromatic heterocycles. The molecule has 0 bridgehead atoms. The molecule has 0 atom stereocenters. The van der Waals surface area contributed by atoms with Crippen molar-refractivity contribution in [1.82, 2.24) is 10.2 Å². The molecule has 0 aliphatic carbocycles. The maximum Gasteiger partial charge on any atom is 0.251 e. The molecule has 2 amide bonds. The molecule has 0 radical (unpaired) electrons. The lowest BCUT2D eigenvalue weighted by molar-refractivity contribution is -0.131. The van der Waals surface area contributed by atoms with E-state index in [9.17, 15) is 9.59 Å². The molecule has 7 heteroatoms. The zero-order valence-electron chi connectivity index (χ0n) is 14.8. The van der Waals surface area contributed by atoms with E-state index in [0.29, 0.717) is 31.6 Å². The van der Waals surface area contributed by atoms with Gasteiger partial charge in [-0.3, -0.25) is 9.59 Å². The third-order valence-corrected chi connectivity index (χ3v) is 5.40. The summed E-state index contributed by atoms with van der Waals surface area (Å²) in [6.45, 7) is 3.15. The number of hydrogen-bond donors (Lipinski definition) is 1. The van der Waals surface area contributed by atoms with Crippen molar-refractivity contribution in [2.24, 2.45) is 0 Å². The molecule has 0 spiro atoms. The molecule has 3 rings (SSSR count). The molecule has 2 aromatic carbocycles. The minimum Gasteiger partial charge on any atom is -0.367 e. The molecule has 5 nitrogen and oxygen atoms in total. The van der Waals surface area contributed by atoms with E-state index < -0.39 is 0 Å². The van der Waals surface area contributed by atoms with Crippen LogP contribution in [0.2, 0.25) is 5.02 Å². The van der Waals surface area contributed by atoms with E-state index >= 15 is 0 Å². The van der Waals surface area contributed by atoms with Crippen LogP contribution in [0.15, 0.2) is 53.0 Å². The van der Waals surface area contributed by atoms with Crippen molar-refractivity contribution in [1.29, 1.82) is 0 Å². The van der Waals surface area contributed by atoms with Gasteiger partial charge in [0.05, 0.1) is 10.7 Å². The lowest BCUT2D eigenvalue weighted by atomic mass is 10.2. The average Bonchev–Trinajstić information content (AvgIpc) is 2.69. The highest BCUT2D eigenvalue weighted by Gasteiger charge is 2.22. The third kappa shape index (κ3) is 5.23. The number of hydrogen-bond acceptors (Lipinski definition) is 3. The van der Waals surface area contributed by atoms with E-state index in [4.69, 9.17) is 11.6 Å². The van der Waals surface area contributed by atoms with Gasteiger partial charge in [-0.2, -0.15) is 0 Å². The summed E-state index contributed by atoms with van der Waals surface area (Å²) in [6.07, 6.45) is 0.300. The topological polar surface area (TPSA) is 52.7 Å². The van der Waals surface area contributed by atoms with E-state index in [2.05, 4.69) is 26.1 Å². The highest BCUT2D eigenvalue weighted by molar-refractivity contribution is 9.10. The van der Waals surface area contributed by atoms with Gasteiger partial charge in [-0.25, -0.2) is 0 Å². The number of rotatable bonds is 5. The van der Waals surface area contributed by atoms with Crippen molar-refractivity contribution in [2.75, 3.05) is 37.6 Å². The second-order valence-corrected chi connectivity index (χ2v) is 7.65. The molecule has 1 N–H and O–H groups in total. The van der Waals surface area contributed by atoms with Gasteiger partial charge in [-0.05, 0) is 36.4 Å². The lowest BCUT2D eigenvalue weighted by Gasteiger charge is -2.36. The Morgan fingerprint density at radius 3 is 2.33 bits per heavy atom. The molecule has 1 aliphatic heterocycles. The fourth-order valence-electron chi connectivity index (χ4n) is 3.05. The molecule has 0 unspecified atom stereocenters. The minimum atomic E-state index is -0.168. The second-order valence-electron chi connectivity index (χ2n) is 6.33. The van der Waals surface area contributed by atoms with Crippen molar-refractivity contribution in [2.45, 2.75) is 6.42 Å². The zero-order chi connectivity index (χ0) is 19.2. The van der Waals surface area contributed by atoms with E-state index in [1.54, 1.807) is 12.1 Å². The number of para-hydroxylation sites is 1. The van der Waals surface area contributed by atoms with Crippen LogP contribution in [-0.2, 0) is 4.79 Å². The molecule has 1 fully saturated rings. The fourth-order valence-corrected chi connectivity index (χ4v) is 3.57. The first-order valence-electron chi connectivity index (χ1n) is 8.85. The molecule has 142 valence electrons. The maximum atomic E-state index is 12.4. The monoisotopic (exact) mass is 449 g/mol. The number of amides is 2. The third-order valence-electron chi connectivity index (χ3n) is 4.56. The number of nitrogens with zero attached hydrogens (tertiary/aromatic N) is 2. The first kappa shape index (κ1) is 19.7. The number of piperazine rings is 1. The van der Waals surface area contributed by atoms with Crippen LogP contribution in [0.1, 0.15) is 16.8 Å². The quantitative estimate of drug-likeness (QED) is 0.758. The Morgan fingerprint density at radius 2 is 1.67 bits per heavy atom. The summed E-state index contributed by atoms with van der Waals surface area (Å²) < 4.78 is 0.921. The van der Waals surface area contributed by atoms with Gasteiger partial charge in [0.15, 0.2) is 0 Å². The molecule has 1 saturated heterocycles. The molecule has 0 saturated carbocycles. The van der Waals surface area contributed by atoms with Crippen LogP contribution < -0.4 is 10.2 Å². The highest BCUT2D eigenvalue weighted by atomic mass is 79.9. The van der Waals surface area contributed by atoms with Gasteiger partial charge in [0.25, 0.3) is 5.91 Å². The van der Waals surface area contributed by atoms with E-state index in [-0.39, 0.29) is 11.8 Å². The number of benzene rings is 2. The summed E-state index contributed by atoms with van der Waals surface area (Å²) in [5.41, 5.74) is 1.59. The van der Waals surface area contributed by atoms with Crippen LogP contribution in [-0.4, -0.2) is 49.4 Å². The summed E-state index contributed by atoms with van der Waals surface area (Å²) in [6, 6.07) is 14.9. The van der Waals surface area contributed by atoms with Crippen LogP contribution in [0, 0.1) is 0 Å². The Labute approximate surface area is 172 Å². The first-order chi connectivity index (χ1) is 13.0. The van der Waals surface area contributed by atoms with Gasteiger partial charge in [0.2, 0.25) is 5.91 Å². The van der Waals surface area contributed by atoms with Crippen molar-refractivity contribution in [3.05, 3.63) is 63.6 Å². The van der Waals surface area contributed by atoms with Gasteiger partial charge < -0.3 is 15.1 Å². The van der Waals surface area contributed by atoms with Gasteiger partial charge in [0, 0.05) is 49.2 Å². The summed E-state index contributed by atoms with van der Waals surface area (Å²) in [5, 5.41) is 3.53. The summed E-state index contributed by atoms with van der Waals surface area (Å²) >= 11 is 9.59. The van der Waals surface area contributed by atoms with E-state index in [1.165, 1.54) is 0 Å². The minimum absolute atomic E-state index is 0.0601. The Balaban J connectivity index is 1.42. The average molecular weight is 451 g/mol. The predicted octanol–water partition coefficient (Wildman–Crippen LogP) is 3.57. The van der Waals surface area contributed by atoms with Gasteiger partial charge in [-0.15, -0.1) is 0 Å². The highest BCUT2D eigenvalue weighted by Crippen LogP contribution is 2.26. The molecular weight excluding hydrogens is 430 g/mol. The van der Waals surface area contributed by atoms with Crippen LogP contribution in [0.5, 0.6) is 0 Å². The Morgan fingerprint density at radius 1 is 1.00 bits per heavy atom. The van der Waals surface area contributed by atoms with Crippen LogP contribution in [0.25, 0.3) is 0 Å². The molecular formula is C20H21BrClN3O2.